The summed E-state index contributed by atoms with van der Waals surface area (Å²) in [4.78, 5) is 90.5. The second-order valence-corrected chi connectivity index (χ2v) is 26.6. The number of rotatable bonds is 32. The maximum Gasteiger partial charge on any atom is 0.416 e. The van der Waals surface area contributed by atoms with E-state index < -0.39 is 111 Å². The maximum atomic E-state index is 14.6. The highest BCUT2D eigenvalue weighted by Gasteiger charge is 2.49. The molecule has 6 heterocycles. The van der Waals surface area contributed by atoms with Gasteiger partial charge < -0.3 is 107 Å². The number of hydrogen-bond donors (Lipinski definition) is 8. The van der Waals surface area contributed by atoms with Crippen molar-refractivity contribution in [2.45, 2.75) is 172 Å². The fourth-order valence-electron chi connectivity index (χ4n) is 13.3. The molecule has 0 saturated carbocycles. The number of aliphatic hydroxyl groups is 8. The summed E-state index contributed by atoms with van der Waals surface area (Å²) in [5, 5.41) is 86.3. The quantitative estimate of drug-likeness (QED) is 0.0184. The van der Waals surface area contributed by atoms with Gasteiger partial charge in [0.05, 0.1) is 92.5 Å². The number of Topliss-reactive ketones (excluding diaryl/α,β-unsaturated/α-hetero) is 2. The molecule has 0 bridgehead atoms. The van der Waals surface area contributed by atoms with Crippen LogP contribution in [-0.2, 0) is 46.4 Å². The Morgan fingerprint density at radius 3 is 1.63 bits per heavy atom. The van der Waals surface area contributed by atoms with Crippen molar-refractivity contribution in [1.29, 1.82) is 0 Å². The molecule has 0 aliphatic carbocycles. The van der Waals surface area contributed by atoms with Gasteiger partial charge in [0.15, 0.2) is 35.5 Å². The van der Waals surface area contributed by atoms with E-state index in [9.17, 15) is 69.6 Å². The Balaban J connectivity index is 0.802. The van der Waals surface area contributed by atoms with Gasteiger partial charge in [-0.2, -0.15) is 0 Å². The van der Waals surface area contributed by atoms with Crippen LogP contribution < -0.4 is 33.5 Å². The van der Waals surface area contributed by atoms with Crippen molar-refractivity contribution in [2.75, 3.05) is 96.6 Å². The average molecular weight is 1440 g/mol. The molecule has 4 amide bonds. The molecule has 562 valence electrons. The summed E-state index contributed by atoms with van der Waals surface area (Å²) in [6.07, 6.45) is -13.8. The molecular formula is C73H94N4O26. The molecule has 10 rings (SSSR count). The molecule has 103 heavy (non-hydrogen) atoms. The van der Waals surface area contributed by atoms with Crippen LogP contribution in [0.15, 0.2) is 72.8 Å². The Labute approximate surface area is 595 Å². The minimum absolute atomic E-state index is 0.00184. The molecule has 0 aromatic heterocycles. The highest BCUT2D eigenvalue weighted by molar-refractivity contribution is 6.07. The van der Waals surface area contributed by atoms with Gasteiger partial charge in [0, 0.05) is 65.0 Å². The number of aliphatic hydroxyl groups excluding tert-OH is 8. The number of amides is 4. The number of nitrogens with zero attached hydrogens (tertiary/aromatic N) is 4. The molecule has 6 aliphatic heterocycles. The lowest BCUT2D eigenvalue weighted by Gasteiger charge is -2.35. The maximum absolute atomic E-state index is 14.6. The zero-order chi connectivity index (χ0) is 73.8. The van der Waals surface area contributed by atoms with E-state index in [1.807, 2.05) is 13.8 Å². The molecule has 30 nitrogen and oxygen atoms in total. The molecule has 30 heteroatoms. The largest absolute Gasteiger partial charge is 0.493 e. The molecular weight excluding hydrogens is 1350 g/mol. The van der Waals surface area contributed by atoms with Crippen molar-refractivity contribution in [2.24, 2.45) is 5.92 Å². The summed E-state index contributed by atoms with van der Waals surface area (Å²) in [5.74, 6) is -1.10. The SMILES string of the molecule is C=C1CC2C(O)N(C(=O)OCc3ccc(O[C@@H]4OCC(O)[C@H](O)[C@H]4O)c(C(=O)CCCOC)c3)c3cc(OCCCCCOc4cc5c(cc4C)C(=O)N4CC(C)CC4C(O)N5C(=O)OCc4ccc(O[C@@H]5OC[C@@H](O)[C@H](O)[C@H]5O)c(C(=O)CCCOCCOCCC)c4)c(OC)cc3C(=O)N2C1. The van der Waals surface area contributed by atoms with E-state index in [0.29, 0.717) is 92.9 Å². The van der Waals surface area contributed by atoms with Crippen molar-refractivity contribution in [3.63, 3.8) is 0 Å². The van der Waals surface area contributed by atoms with Crippen LogP contribution in [0.4, 0.5) is 21.0 Å². The number of aryl methyl sites for hydroxylation is 1. The highest BCUT2D eigenvalue weighted by Crippen LogP contribution is 2.44. The van der Waals surface area contributed by atoms with Gasteiger partial charge in [-0.3, -0.25) is 19.2 Å². The van der Waals surface area contributed by atoms with E-state index in [4.69, 9.17) is 56.8 Å². The van der Waals surface area contributed by atoms with Crippen molar-refractivity contribution in [3.05, 3.63) is 112 Å². The number of anilines is 2. The molecule has 13 atom stereocenters. The highest BCUT2D eigenvalue weighted by atomic mass is 16.7. The van der Waals surface area contributed by atoms with E-state index in [1.54, 1.807) is 17.9 Å². The van der Waals surface area contributed by atoms with Crippen molar-refractivity contribution < 1.29 is 126 Å². The Kier molecular flexibility index (Phi) is 26.8. The third-order valence-electron chi connectivity index (χ3n) is 18.8. The summed E-state index contributed by atoms with van der Waals surface area (Å²) in [5.41, 5.74) is 2.10. The van der Waals surface area contributed by atoms with Gasteiger partial charge in [-0.05, 0) is 117 Å². The van der Waals surface area contributed by atoms with Gasteiger partial charge in [0.25, 0.3) is 11.8 Å². The standard InChI is InChI=1S/C73H94N4O26/c1-7-19-94-24-25-95-21-12-14-54(79)48-30-44(16-18-58(48)103-71-65(85)63(83)56(81)39-99-71)36-100-72(90)76-49-32-59(42(4)28-45(49)66(86)74-34-40(2)26-51(74)68(76)88)96-22-9-8-10-23-97-61-33-50-46(31-60(61)93-6)67(87)75-35-41(3)27-52(75)69(89)77(50)73(91)101-37-43-15-17-57(47(29-43)53(78)13-11-20-92-5)102-70-64(84)62(82)55(80)38-98-70/h15-18,28-33,40,51-52,55-56,62-65,68-71,80-85,88-89H,3,7-14,19-27,34-39H2,1-2,4-6H3/t40?,51?,52?,55?,56-,62+,63+,64-,65-,68?,69?,70+,71+/m1/s1. The monoisotopic (exact) mass is 1440 g/mol. The number of carbonyl (C=O) groups is 6. The number of carbonyl (C=O) groups excluding carboxylic acids is 6. The third-order valence-corrected chi connectivity index (χ3v) is 18.8. The number of ether oxygens (including phenoxy) is 12. The van der Waals surface area contributed by atoms with Gasteiger partial charge in [-0.1, -0.05) is 38.1 Å². The second kappa shape index (κ2) is 35.6. The molecule has 0 radical (unpaired) electrons. The van der Waals surface area contributed by atoms with Crippen molar-refractivity contribution in [3.8, 4) is 28.7 Å². The van der Waals surface area contributed by atoms with Crippen LogP contribution in [0.25, 0.3) is 0 Å². The Morgan fingerprint density at radius 2 is 1.08 bits per heavy atom. The molecule has 4 fully saturated rings. The topological polar surface area (TPSA) is 388 Å². The van der Waals surface area contributed by atoms with E-state index in [0.717, 1.165) is 16.2 Å². The van der Waals surface area contributed by atoms with Gasteiger partial charge in [0.2, 0.25) is 12.6 Å². The molecule has 4 aromatic carbocycles. The first-order valence-corrected chi connectivity index (χ1v) is 34.8. The lowest BCUT2D eigenvalue weighted by molar-refractivity contribution is -0.242. The number of unbranched alkanes of at least 4 members (excludes halogenated alkanes) is 2. The van der Waals surface area contributed by atoms with Crippen LogP contribution in [0.2, 0.25) is 0 Å². The summed E-state index contributed by atoms with van der Waals surface area (Å²) >= 11 is 0. The van der Waals surface area contributed by atoms with Gasteiger partial charge in [-0.25, -0.2) is 19.4 Å². The first kappa shape index (κ1) is 77.5. The smallest absolute Gasteiger partial charge is 0.416 e. The predicted molar refractivity (Wildman–Crippen MR) is 364 cm³/mol. The van der Waals surface area contributed by atoms with Crippen molar-refractivity contribution >= 4 is 46.9 Å². The summed E-state index contributed by atoms with van der Waals surface area (Å²) in [7, 11) is 2.88. The summed E-state index contributed by atoms with van der Waals surface area (Å²) in [6, 6.07) is 13.1. The van der Waals surface area contributed by atoms with E-state index >= 15 is 0 Å². The second-order valence-electron chi connectivity index (χ2n) is 26.6. The molecule has 6 unspecified atom stereocenters. The Hall–Kier alpha value is -8.08. The Morgan fingerprint density at radius 1 is 0.563 bits per heavy atom. The fraction of sp³-hybridized carbons (Fsp3) is 0.562. The van der Waals surface area contributed by atoms with Crippen LogP contribution in [0.1, 0.15) is 136 Å². The van der Waals surface area contributed by atoms with Crippen LogP contribution in [0.5, 0.6) is 28.7 Å². The van der Waals surface area contributed by atoms with Crippen LogP contribution in [0.3, 0.4) is 0 Å². The van der Waals surface area contributed by atoms with Gasteiger partial charge >= 0.3 is 12.2 Å². The van der Waals surface area contributed by atoms with Crippen LogP contribution in [-0.4, -0.2) is 247 Å². The minimum Gasteiger partial charge on any atom is -0.493 e. The van der Waals surface area contributed by atoms with E-state index in [-0.39, 0.29) is 140 Å². The predicted octanol–water partition coefficient (Wildman–Crippen LogP) is 4.85. The number of fused-ring (bicyclic) bond motifs is 4. The van der Waals surface area contributed by atoms with Gasteiger partial charge in [0.1, 0.15) is 67.1 Å². The molecule has 4 aromatic rings. The number of benzene rings is 4. The molecule has 8 N–H and O–H groups in total. The fourth-order valence-corrected chi connectivity index (χ4v) is 13.3. The number of ketones is 2. The first-order valence-electron chi connectivity index (χ1n) is 34.8. The third kappa shape index (κ3) is 18.2. The summed E-state index contributed by atoms with van der Waals surface area (Å²) < 4.78 is 69.1. The minimum atomic E-state index is -1.66. The zero-order valence-electron chi connectivity index (χ0n) is 58.5. The van der Waals surface area contributed by atoms with Gasteiger partial charge in [-0.15, -0.1) is 0 Å². The van der Waals surface area contributed by atoms with Crippen LogP contribution in [0, 0.1) is 12.8 Å². The zero-order valence-corrected chi connectivity index (χ0v) is 58.5. The van der Waals surface area contributed by atoms with Crippen LogP contribution >= 0.6 is 0 Å². The molecule has 4 saturated heterocycles. The summed E-state index contributed by atoms with van der Waals surface area (Å²) in [6.45, 7) is 10.8. The van der Waals surface area contributed by atoms with Crippen molar-refractivity contribution in [1.82, 2.24) is 9.80 Å². The molecule has 0 spiro atoms. The van der Waals surface area contributed by atoms with E-state index in [2.05, 4.69) is 6.58 Å². The van der Waals surface area contributed by atoms with E-state index in [1.165, 1.54) is 73.7 Å². The lowest BCUT2D eigenvalue weighted by atomic mass is 10.0. The normalized spacial score (nSPS) is 25.3. The molecule has 6 aliphatic rings. The number of methoxy groups -OCH3 is 2. The first-order chi connectivity index (χ1) is 49.5. The lowest BCUT2D eigenvalue weighted by Crippen LogP contribution is -2.54. The Bertz CT molecular complexity index is 3670. The number of hydrogen-bond acceptors (Lipinski definition) is 26. The average Bonchev–Trinajstić information content (AvgIpc) is 1.62.